The van der Waals surface area contributed by atoms with Crippen LogP contribution in [0.2, 0.25) is 0 Å². The fraction of sp³-hybridized carbons (Fsp3) is 0.250. The Morgan fingerprint density at radius 3 is 2.87 bits per heavy atom. The van der Waals surface area contributed by atoms with E-state index in [1.54, 1.807) is 13.2 Å². The van der Waals surface area contributed by atoms with Gasteiger partial charge in [0.05, 0.1) is 6.10 Å². The van der Waals surface area contributed by atoms with Crippen LogP contribution in [0.1, 0.15) is 23.7 Å². The predicted octanol–water partition coefficient (Wildman–Crippen LogP) is 2.25. The molecule has 0 radical (unpaired) electrons. The second-order valence-electron chi connectivity index (χ2n) is 3.53. The van der Waals surface area contributed by atoms with E-state index in [4.69, 9.17) is 9.84 Å². The predicted molar refractivity (Wildman–Crippen MR) is 56.4 cm³/mol. The third kappa shape index (κ3) is 1.78. The Morgan fingerprint density at radius 2 is 2.20 bits per heavy atom. The average molecular weight is 204 g/mol. The maximum atomic E-state index is 10.9. The molecule has 3 heteroatoms. The monoisotopic (exact) mass is 204 g/mol. The Balaban J connectivity index is 2.48. The molecule has 0 aromatic heterocycles. The lowest BCUT2D eigenvalue weighted by atomic mass is 9.90. The molecule has 1 aromatic carbocycles. The van der Waals surface area contributed by atoms with Gasteiger partial charge < -0.3 is 9.84 Å². The highest BCUT2D eigenvalue weighted by molar-refractivity contribution is 5.93. The van der Waals surface area contributed by atoms with Crippen LogP contribution < -0.4 is 0 Å². The van der Waals surface area contributed by atoms with Gasteiger partial charge in [0.1, 0.15) is 0 Å². The topological polar surface area (TPSA) is 46.5 Å². The minimum atomic E-state index is -0.869. The number of aliphatic carboxylic acids is 1. The van der Waals surface area contributed by atoms with E-state index in [0.717, 1.165) is 11.1 Å². The Bertz CT molecular complexity index is 421. The molecule has 1 N–H and O–H groups in total. The maximum Gasteiger partial charge on any atom is 0.331 e. The second kappa shape index (κ2) is 3.87. The molecule has 0 aliphatic heterocycles. The fourth-order valence-corrected chi connectivity index (χ4v) is 1.85. The third-order valence-corrected chi connectivity index (χ3v) is 2.64. The first-order valence-electron chi connectivity index (χ1n) is 4.78. The zero-order valence-corrected chi connectivity index (χ0v) is 8.43. The summed E-state index contributed by atoms with van der Waals surface area (Å²) < 4.78 is 5.29. The van der Waals surface area contributed by atoms with Crippen molar-refractivity contribution >= 4 is 12.0 Å². The largest absolute Gasteiger partial charge is 0.478 e. The Hall–Kier alpha value is -1.61. The zero-order valence-electron chi connectivity index (χ0n) is 8.43. The molecule has 1 unspecified atom stereocenters. The smallest absolute Gasteiger partial charge is 0.331 e. The van der Waals surface area contributed by atoms with E-state index in [1.807, 2.05) is 24.3 Å². The van der Waals surface area contributed by atoms with Gasteiger partial charge in [0, 0.05) is 19.1 Å². The Labute approximate surface area is 88.0 Å². The number of benzene rings is 1. The van der Waals surface area contributed by atoms with Crippen molar-refractivity contribution in [3.8, 4) is 0 Å². The van der Waals surface area contributed by atoms with Crippen LogP contribution in [0.3, 0.4) is 0 Å². The van der Waals surface area contributed by atoms with Gasteiger partial charge in [0.2, 0.25) is 0 Å². The van der Waals surface area contributed by atoms with Crippen molar-refractivity contribution in [2.45, 2.75) is 12.5 Å². The average Bonchev–Trinajstić information content (AvgIpc) is 2.27. The lowest BCUT2D eigenvalue weighted by molar-refractivity contribution is -0.133. The minimum Gasteiger partial charge on any atom is -0.478 e. The summed E-state index contributed by atoms with van der Waals surface area (Å²) in [6.07, 6.45) is 2.01. The van der Waals surface area contributed by atoms with Gasteiger partial charge >= 0.3 is 5.97 Å². The minimum absolute atomic E-state index is 0.141. The van der Waals surface area contributed by atoms with Gasteiger partial charge in [-0.3, -0.25) is 0 Å². The van der Waals surface area contributed by atoms with Gasteiger partial charge in [0.15, 0.2) is 0 Å². The van der Waals surface area contributed by atoms with Crippen LogP contribution in [0.15, 0.2) is 29.8 Å². The van der Waals surface area contributed by atoms with Gasteiger partial charge in [-0.1, -0.05) is 24.3 Å². The van der Waals surface area contributed by atoms with Gasteiger partial charge in [-0.15, -0.1) is 0 Å². The summed E-state index contributed by atoms with van der Waals surface area (Å²) in [6, 6.07) is 7.71. The highest BCUT2D eigenvalue weighted by Gasteiger charge is 2.23. The van der Waals surface area contributed by atoms with Crippen LogP contribution in [0.25, 0.3) is 6.08 Å². The van der Waals surface area contributed by atoms with Crippen molar-refractivity contribution in [1.82, 2.24) is 0 Å². The SMILES string of the molecule is COC1CC(C(=O)O)=Cc2ccccc21. The van der Waals surface area contributed by atoms with Crippen molar-refractivity contribution in [1.29, 1.82) is 0 Å². The molecule has 0 heterocycles. The summed E-state index contributed by atoms with van der Waals surface area (Å²) in [5.74, 6) is -0.869. The molecule has 15 heavy (non-hydrogen) atoms. The number of methoxy groups -OCH3 is 1. The highest BCUT2D eigenvalue weighted by Crippen LogP contribution is 2.33. The Kier molecular flexibility index (Phi) is 2.56. The number of hydrogen-bond donors (Lipinski definition) is 1. The van der Waals surface area contributed by atoms with Crippen molar-refractivity contribution in [3.63, 3.8) is 0 Å². The van der Waals surface area contributed by atoms with Crippen molar-refractivity contribution in [3.05, 3.63) is 41.0 Å². The molecular weight excluding hydrogens is 192 g/mol. The normalized spacial score (nSPS) is 19.3. The van der Waals surface area contributed by atoms with Crippen LogP contribution in [-0.4, -0.2) is 18.2 Å². The van der Waals surface area contributed by atoms with E-state index in [-0.39, 0.29) is 6.10 Å². The molecule has 0 fully saturated rings. The first-order valence-corrected chi connectivity index (χ1v) is 4.78. The summed E-state index contributed by atoms with van der Waals surface area (Å²) >= 11 is 0. The molecule has 3 nitrogen and oxygen atoms in total. The molecule has 1 atom stereocenters. The van der Waals surface area contributed by atoms with Crippen molar-refractivity contribution < 1.29 is 14.6 Å². The molecule has 2 rings (SSSR count). The summed E-state index contributed by atoms with van der Waals surface area (Å²) in [5.41, 5.74) is 2.40. The van der Waals surface area contributed by atoms with Crippen LogP contribution in [0.4, 0.5) is 0 Å². The highest BCUT2D eigenvalue weighted by atomic mass is 16.5. The standard InChI is InChI=1S/C12H12O3/c1-15-11-7-9(12(13)14)6-8-4-2-3-5-10(8)11/h2-6,11H,7H2,1H3,(H,13,14). The van der Waals surface area contributed by atoms with E-state index in [2.05, 4.69) is 0 Å². The van der Waals surface area contributed by atoms with Gasteiger partial charge in [-0.25, -0.2) is 4.79 Å². The summed E-state index contributed by atoms with van der Waals surface area (Å²) in [4.78, 5) is 10.9. The first kappa shape index (κ1) is 9.93. The number of carbonyl (C=O) groups is 1. The zero-order chi connectivity index (χ0) is 10.8. The van der Waals surface area contributed by atoms with E-state index < -0.39 is 5.97 Å². The molecule has 0 saturated carbocycles. The van der Waals surface area contributed by atoms with E-state index in [1.165, 1.54) is 0 Å². The molecule has 0 spiro atoms. The van der Waals surface area contributed by atoms with Crippen LogP contribution in [0, 0.1) is 0 Å². The molecule has 1 aromatic rings. The number of rotatable bonds is 2. The number of carboxylic acid groups (broad SMARTS) is 1. The van der Waals surface area contributed by atoms with Gasteiger partial charge in [-0.05, 0) is 17.2 Å². The molecule has 0 amide bonds. The van der Waals surface area contributed by atoms with Crippen LogP contribution in [-0.2, 0) is 9.53 Å². The van der Waals surface area contributed by atoms with Crippen molar-refractivity contribution in [2.75, 3.05) is 7.11 Å². The lowest BCUT2D eigenvalue weighted by Crippen LogP contribution is -2.13. The summed E-state index contributed by atoms with van der Waals surface area (Å²) in [6.45, 7) is 0. The molecule has 78 valence electrons. The molecule has 0 bridgehead atoms. The molecule has 1 aliphatic rings. The molecule has 0 saturated heterocycles. The Morgan fingerprint density at radius 1 is 1.47 bits per heavy atom. The number of hydrogen-bond acceptors (Lipinski definition) is 2. The second-order valence-corrected chi connectivity index (χ2v) is 3.53. The number of fused-ring (bicyclic) bond motifs is 1. The number of carboxylic acids is 1. The van der Waals surface area contributed by atoms with Gasteiger partial charge in [0.25, 0.3) is 0 Å². The van der Waals surface area contributed by atoms with E-state index in [0.29, 0.717) is 12.0 Å². The quantitative estimate of drug-likeness (QED) is 0.803. The van der Waals surface area contributed by atoms with E-state index in [9.17, 15) is 4.79 Å². The first-order chi connectivity index (χ1) is 7.22. The van der Waals surface area contributed by atoms with Crippen LogP contribution in [0.5, 0.6) is 0 Å². The molecule has 1 aliphatic carbocycles. The lowest BCUT2D eigenvalue weighted by Gasteiger charge is -2.22. The van der Waals surface area contributed by atoms with Gasteiger partial charge in [-0.2, -0.15) is 0 Å². The third-order valence-electron chi connectivity index (χ3n) is 2.64. The van der Waals surface area contributed by atoms with E-state index >= 15 is 0 Å². The fourth-order valence-electron chi connectivity index (χ4n) is 1.85. The summed E-state index contributed by atoms with van der Waals surface area (Å²) in [7, 11) is 1.60. The molecular formula is C12H12O3. The number of ether oxygens (including phenoxy) is 1. The van der Waals surface area contributed by atoms with Crippen molar-refractivity contribution in [2.24, 2.45) is 0 Å². The maximum absolute atomic E-state index is 10.9. The van der Waals surface area contributed by atoms with Crippen LogP contribution >= 0.6 is 0 Å². The summed E-state index contributed by atoms with van der Waals surface area (Å²) in [5, 5.41) is 8.95.